The molecule has 1 aliphatic heterocycles. The molecule has 0 bridgehead atoms. The van der Waals surface area contributed by atoms with E-state index < -0.39 is 14.9 Å². The lowest BCUT2D eigenvalue weighted by Gasteiger charge is -2.13. The Hall–Kier alpha value is -2.65. The van der Waals surface area contributed by atoms with Gasteiger partial charge in [0.15, 0.2) is 0 Å². The molecule has 2 aromatic carbocycles. The summed E-state index contributed by atoms with van der Waals surface area (Å²) in [5.41, 5.74) is 0.257. The molecule has 138 valence electrons. The molecule has 2 N–H and O–H groups in total. The Bertz CT molecular complexity index is 881. The Morgan fingerprint density at radius 3 is 2.62 bits per heavy atom. The maximum atomic E-state index is 12.4. The molecule has 0 aromatic heterocycles. The Morgan fingerprint density at radius 2 is 1.96 bits per heavy atom. The number of nitro groups is 1. The van der Waals surface area contributed by atoms with Crippen LogP contribution in [-0.4, -0.2) is 32.6 Å². The summed E-state index contributed by atoms with van der Waals surface area (Å²) in [6.07, 6.45) is 1.93. The smallest absolute Gasteiger partial charge is 0.294 e. The number of benzene rings is 2. The molecular weight excluding hydrogens is 358 g/mol. The van der Waals surface area contributed by atoms with Gasteiger partial charge >= 0.3 is 0 Å². The fourth-order valence-electron chi connectivity index (χ4n) is 2.74. The lowest BCUT2D eigenvalue weighted by molar-refractivity contribution is -0.383. The minimum Gasteiger partial charge on any atom is -0.377 e. The highest BCUT2D eigenvalue weighted by molar-refractivity contribution is 7.92. The summed E-state index contributed by atoms with van der Waals surface area (Å²) in [4.78, 5) is 10.9. The molecule has 0 spiro atoms. The number of ether oxygens (including phenoxy) is 1. The molecule has 1 heterocycles. The Balaban J connectivity index is 1.78. The fraction of sp³-hybridized carbons (Fsp3) is 0.294. The van der Waals surface area contributed by atoms with E-state index in [1.807, 2.05) is 0 Å². The summed E-state index contributed by atoms with van der Waals surface area (Å²) in [6.45, 7) is 1.17. The molecule has 1 fully saturated rings. The van der Waals surface area contributed by atoms with Crippen LogP contribution >= 0.6 is 0 Å². The van der Waals surface area contributed by atoms with E-state index in [2.05, 4.69) is 10.0 Å². The van der Waals surface area contributed by atoms with Crippen LogP contribution in [0.1, 0.15) is 12.8 Å². The van der Waals surface area contributed by atoms with Gasteiger partial charge in [0.05, 0.1) is 21.6 Å². The number of anilines is 2. The van der Waals surface area contributed by atoms with Gasteiger partial charge in [0.2, 0.25) is 0 Å². The molecule has 0 radical (unpaired) electrons. The highest BCUT2D eigenvalue weighted by Gasteiger charge is 2.20. The second-order valence-corrected chi connectivity index (χ2v) is 7.61. The Morgan fingerprint density at radius 1 is 1.19 bits per heavy atom. The van der Waals surface area contributed by atoms with Crippen LogP contribution in [0.25, 0.3) is 0 Å². The molecule has 1 aliphatic rings. The lowest BCUT2D eigenvalue weighted by atomic mass is 10.2. The first-order valence-corrected chi connectivity index (χ1v) is 9.66. The highest BCUT2D eigenvalue weighted by Crippen LogP contribution is 2.29. The van der Waals surface area contributed by atoms with Crippen LogP contribution in [0.5, 0.6) is 0 Å². The van der Waals surface area contributed by atoms with E-state index in [1.54, 1.807) is 18.2 Å². The van der Waals surface area contributed by atoms with Crippen LogP contribution in [-0.2, 0) is 14.8 Å². The SMILES string of the molecule is O=[N+]([O-])c1cc(NS(=O)(=O)c2ccccc2)ccc1NCC1CCCO1. The lowest BCUT2D eigenvalue weighted by Crippen LogP contribution is -2.19. The van der Waals surface area contributed by atoms with Crippen molar-refractivity contribution in [3.8, 4) is 0 Å². The van der Waals surface area contributed by atoms with Crippen LogP contribution in [0, 0.1) is 10.1 Å². The number of hydrogen-bond donors (Lipinski definition) is 2. The first-order chi connectivity index (χ1) is 12.5. The molecule has 1 atom stereocenters. The first kappa shape index (κ1) is 18.2. The molecular formula is C17H19N3O5S. The van der Waals surface area contributed by atoms with Crippen LogP contribution in [0.15, 0.2) is 53.4 Å². The molecule has 0 saturated carbocycles. The minimum atomic E-state index is -3.81. The van der Waals surface area contributed by atoms with E-state index in [-0.39, 0.29) is 22.4 Å². The molecule has 3 rings (SSSR count). The molecule has 2 aromatic rings. The number of sulfonamides is 1. The van der Waals surface area contributed by atoms with Crippen molar-refractivity contribution in [2.45, 2.75) is 23.8 Å². The number of rotatable bonds is 7. The number of nitro benzene ring substituents is 1. The average Bonchev–Trinajstić information content (AvgIpc) is 3.14. The molecule has 1 saturated heterocycles. The summed E-state index contributed by atoms with van der Waals surface area (Å²) < 4.78 is 32.6. The summed E-state index contributed by atoms with van der Waals surface area (Å²) in [5, 5.41) is 14.4. The highest BCUT2D eigenvalue weighted by atomic mass is 32.2. The number of nitrogens with one attached hydrogen (secondary N) is 2. The molecule has 1 unspecified atom stereocenters. The summed E-state index contributed by atoms with van der Waals surface area (Å²) >= 11 is 0. The Labute approximate surface area is 151 Å². The maximum absolute atomic E-state index is 12.4. The van der Waals surface area contributed by atoms with E-state index in [0.29, 0.717) is 18.8 Å². The zero-order valence-corrected chi connectivity index (χ0v) is 14.7. The van der Waals surface area contributed by atoms with E-state index in [0.717, 1.165) is 12.8 Å². The third-order valence-electron chi connectivity index (χ3n) is 4.04. The van der Waals surface area contributed by atoms with Gasteiger partial charge < -0.3 is 10.1 Å². The van der Waals surface area contributed by atoms with E-state index >= 15 is 0 Å². The predicted octanol–water partition coefficient (Wildman–Crippen LogP) is 2.99. The average molecular weight is 377 g/mol. The predicted molar refractivity (Wildman–Crippen MR) is 97.8 cm³/mol. The van der Waals surface area contributed by atoms with Crippen LogP contribution in [0.3, 0.4) is 0 Å². The van der Waals surface area contributed by atoms with Crippen molar-refractivity contribution in [1.29, 1.82) is 0 Å². The normalized spacial score (nSPS) is 17.0. The van der Waals surface area contributed by atoms with Crippen LogP contribution in [0.2, 0.25) is 0 Å². The zero-order chi connectivity index (χ0) is 18.6. The largest absolute Gasteiger partial charge is 0.377 e. The van der Waals surface area contributed by atoms with Gasteiger partial charge in [0.1, 0.15) is 5.69 Å². The van der Waals surface area contributed by atoms with Crippen LogP contribution < -0.4 is 10.0 Å². The van der Waals surface area contributed by atoms with E-state index in [4.69, 9.17) is 4.74 Å². The monoisotopic (exact) mass is 377 g/mol. The van der Waals surface area contributed by atoms with Gasteiger partial charge in [-0.3, -0.25) is 14.8 Å². The van der Waals surface area contributed by atoms with Crippen molar-refractivity contribution >= 4 is 27.1 Å². The van der Waals surface area contributed by atoms with E-state index in [9.17, 15) is 18.5 Å². The van der Waals surface area contributed by atoms with Gasteiger partial charge in [-0.2, -0.15) is 0 Å². The fourth-order valence-corrected chi connectivity index (χ4v) is 3.81. The van der Waals surface area contributed by atoms with Gasteiger partial charge in [0.25, 0.3) is 15.7 Å². The van der Waals surface area contributed by atoms with Gasteiger partial charge in [-0.05, 0) is 37.1 Å². The van der Waals surface area contributed by atoms with Gasteiger partial charge in [-0.15, -0.1) is 0 Å². The molecule has 9 heteroatoms. The van der Waals surface area contributed by atoms with Crippen molar-refractivity contribution in [3.05, 3.63) is 58.6 Å². The summed E-state index contributed by atoms with van der Waals surface area (Å²) in [5.74, 6) is 0. The second kappa shape index (κ2) is 7.71. The zero-order valence-electron chi connectivity index (χ0n) is 13.9. The maximum Gasteiger partial charge on any atom is 0.294 e. The molecule has 8 nitrogen and oxygen atoms in total. The standard InChI is InChI=1S/C17H19N3O5S/c21-20(22)17-11-13(19-26(23,24)15-6-2-1-3-7-15)8-9-16(17)18-12-14-5-4-10-25-14/h1-3,6-9,11,14,18-19H,4-5,10,12H2. The van der Waals surface area contributed by atoms with Gasteiger partial charge in [-0.25, -0.2) is 8.42 Å². The molecule has 0 aliphatic carbocycles. The third-order valence-corrected chi connectivity index (χ3v) is 5.44. The van der Waals surface area contributed by atoms with Gasteiger partial charge in [0, 0.05) is 19.2 Å². The third kappa shape index (κ3) is 4.30. The Kier molecular flexibility index (Phi) is 5.38. The first-order valence-electron chi connectivity index (χ1n) is 8.17. The number of nitrogens with zero attached hydrogens (tertiary/aromatic N) is 1. The quantitative estimate of drug-likeness (QED) is 0.567. The summed E-state index contributed by atoms with van der Waals surface area (Å²) in [7, 11) is -3.81. The van der Waals surface area contributed by atoms with Crippen molar-refractivity contribution in [1.82, 2.24) is 0 Å². The second-order valence-electron chi connectivity index (χ2n) is 5.92. The van der Waals surface area contributed by atoms with Crippen molar-refractivity contribution in [3.63, 3.8) is 0 Å². The number of hydrogen-bond acceptors (Lipinski definition) is 6. The van der Waals surface area contributed by atoms with Crippen molar-refractivity contribution in [2.24, 2.45) is 0 Å². The topological polar surface area (TPSA) is 111 Å². The van der Waals surface area contributed by atoms with Crippen molar-refractivity contribution < 1.29 is 18.1 Å². The molecule has 26 heavy (non-hydrogen) atoms. The van der Waals surface area contributed by atoms with Gasteiger partial charge in [-0.1, -0.05) is 18.2 Å². The van der Waals surface area contributed by atoms with E-state index in [1.165, 1.54) is 30.3 Å². The summed E-state index contributed by atoms with van der Waals surface area (Å²) in [6, 6.07) is 12.0. The van der Waals surface area contributed by atoms with Crippen molar-refractivity contribution in [2.75, 3.05) is 23.2 Å². The molecule has 0 amide bonds. The van der Waals surface area contributed by atoms with Crippen LogP contribution in [0.4, 0.5) is 17.1 Å². The minimum absolute atomic E-state index is 0.0332.